The minimum Gasteiger partial charge on any atom is -0.497 e. The van der Waals surface area contributed by atoms with Gasteiger partial charge in [0.05, 0.1) is 38.1 Å². The summed E-state index contributed by atoms with van der Waals surface area (Å²) < 4.78 is 14.5. The molecular weight excluding hydrogens is 450 g/mol. The van der Waals surface area contributed by atoms with Gasteiger partial charge in [0, 0.05) is 12.1 Å². The van der Waals surface area contributed by atoms with Gasteiger partial charge in [-0.2, -0.15) is 0 Å². The van der Waals surface area contributed by atoms with Gasteiger partial charge in [0.15, 0.2) is 5.17 Å². The predicted molar refractivity (Wildman–Crippen MR) is 122 cm³/mol. The summed E-state index contributed by atoms with van der Waals surface area (Å²) in [6, 6.07) is 10.9. The van der Waals surface area contributed by atoms with Gasteiger partial charge in [-0.25, -0.2) is 14.6 Å². The van der Waals surface area contributed by atoms with Gasteiger partial charge in [-0.05, 0) is 42.5 Å². The molecule has 2 aromatic rings. The van der Waals surface area contributed by atoms with Gasteiger partial charge < -0.3 is 24.8 Å². The zero-order valence-corrected chi connectivity index (χ0v) is 18.9. The first-order valence-corrected chi connectivity index (χ1v) is 10.5. The van der Waals surface area contributed by atoms with E-state index in [4.69, 9.17) is 14.2 Å². The highest BCUT2D eigenvalue weighted by Crippen LogP contribution is 2.26. The molecule has 33 heavy (non-hydrogen) atoms. The minimum absolute atomic E-state index is 0.0616. The van der Waals surface area contributed by atoms with Crippen molar-refractivity contribution in [3.63, 3.8) is 0 Å². The Morgan fingerprint density at radius 3 is 2.15 bits per heavy atom. The first-order valence-electron chi connectivity index (χ1n) is 9.64. The first kappa shape index (κ1) is 23.8. The molecule has 2 amide bonds. The predicted octanol–water partition coefficient (Wildman–Crippen LogP) is 2.52. The van der Waals surface area contributed by atoms with E-state index in [0.29, 0.717) is 11.4 Å². The number of carbonyl (C=O) groups is 4. The molecule has 0 bridgehead atoms. The van der Waals surface area contributed by atoms with E-state index in [1.54, 1.807) is 31.4 Å². The lowest BCUT2D eigenvalue weighted by Gasteiger charge is -2.22. The summed E-state index contributed by atoms with van der Waals surface area (Å²) in [6.07, 6.45) is -0.0708. The number of rotatable bonds is 6. The van der Waals surface area contributed by atoms with Crippen molar-refractivity contribution >= 4 is 52.1 Å². The van der Waals surface area contributed by atoms with Gasteiger partial charge in [-0.1, -0.05) is 11.8 Å². The van der Waals surface area contributed by atoms with Crippen molar-refractivity contribution in [1.29, 1.82) is 0 Å². The van der Waals surface area contributed by atoms with Gasteiger partial charge >= 0.3 is 11.9 Å². The number of nitrogens with zero attached hydrogens (tertiary/aromatic N) is 1. The van der Waals surface area contributed by atoms with Crippen LogP contribution in [0.3, 0.4) is 0 Å². The summed E-state index contributed by atoms with van der Waals surface area (Å²) in [7, 11) is 3.95. The van der Waals surface area contributed by atoms with Crippen LogP contribution in [0.4, 0.5) is 11.4 Å². The molecule has 0 radical (unpaired) electrons. The highest BCUT2D eigenvalue weighted by atomic mass is 32.2. The molecule has 2 N–H and O–H groups in total. The molecule has 0 unspecified atom stereocenters. The first-order chi connectivity index (χ1) is 15.8. The molecule has 0 saturated carbocycles. The summed E-state index contributed by atoms with van der Waals surface area (Å²) in [5, 5.41) is 4.78. The van der Waals surface area contributed by atoms with Crippen LogP contribution in [0, 0.1) is 0 Å². The topological polar surface area (TPSA) is 132 Å². The number of hydrogen-bond acceptors (Lipinski definition) is 9. The van der Waals surface area contributed by atoms with Crippen LogP contribution in [0.15, 0.2) is 47.5 Å². The molecule has 1 aliphatic heterocycles. The summed E-state index contributed by atoms with van der Waals surface area (Å²) in [6.45, 7) is 0. The van der Waals surface area contributed by atoms with Crippen molar-refractivity contribution in [3.8, 4) is 5.75 Å². The van der Waals surface area contributed by atoms with E-state index in [1.165, 1.54) is 32.4 Å². The Hall–Kier alpha value is -3.86. The van der Waals surface area contributed by atoms with Crippen molar-refractivity contribution in [3.05, 3.63) is 53.6 Å². The van der Waals surface area contributed by atoms with E-state index < -0.39 is 23.1 Å². The number of amidine groups is 1. The number of benzene rings is 2. The van der Waals surface area contributed by atoms with Gasteiger partial charge in [0.25, 0.3) is 0 Å². The lowest BCUT2D eigenvalue weighted by molar-refractivity contribution is -0.123. The maximum atomic E-state index is 12.9. The number of ether oxygens (including phenoxy) is 3. The Morgan fingerprint density at radius 1 is 1.00 bits per heavy atom. The average molecular weight is 471 g/mol. The lowest BCUT2D eigenvalue weighted by Crippen LogP contribution is -2.41. The largest absolute Gasteiger partial charge is 0.497 e. The molecule has 1 heterocycles. The normalized spacial score (nSPS) is 16.5. The number of anilines is 1. The SMILES string of the molecule is COC(=O)c1cc(NC(=O)[C@H]2CC(=O)NC(=Nc3ccc(OC)cc3)S2)cc(C(=O)OC)c1. The van der Waals surface area contributed by atoms with Gasteiger partial charge in [0.1, 0.15) is 11.0 Å². The number of esters is 2. The lowest BCUT2D eigenvalue weighted by atomic mass is 10.1. The van der Waals surface area contributed by atoms with Crippen molar-refractivity contribution in [2.75, 3.05) is 26.6 Å². The minimum atomic E-state index is -0.779. The summed E-state index contributed by atoms with van der Waals surface area (Å²) in [5.74, 6) is -1.56. The molecule has 3 rings (SSSR count). The number of amides is 2. The van der Waals surface area contributed by atoms with Crippen LogP contribution >= 0.6 is 11.8 Å². The Bertz CT molecular complexity index is 1080. The number of thioether (sulfide) groups is 1. The van der Waals surface area contributed by atoms with E-state index >= 15 is 0 Å². The Labute approximate surface area is 193 Å². The van der Waals surface area contributed by atoms with Gasteiger partial charge in [0.2, 0.25) is 11.8 Å². The third-order valence-corrected chi connectivity index (χ3v) is 5.59. The van der Waals surface area contributed by atoms with E-state index in [1.807, 2.05) is 0 Å². The number of methoxy groups -OCH3 is 3. The average Bonchev–Trinajstić information content (AvgIpc) is 2.82. The Morgan fingerprint density at radius 2 is 1.61 bits per heavy atom. The maximum Gasteiger partial charge on any atom is 0.337 e. The number of nitrogens with one attached hydrogen (secondary N) is 2. The smallest absolute Gasteiger partial charge is 0.337 e. The molecule has 10 nitrogen and oxygen atoms in total. The fourth-order valence-corrected chi connectivity index (χ4v) is 3.91. The van der Waals surface area contributed by atoms with Crippen molar-refractivity contribution in [2.24, 2.45) is 4.99 Å². The quantitative estimate of drug-likeness (QED) is 0.614. The second-order valence-corrected chi connectivity index (χ2v) is 7.94. The highest BCUT2D eigenvalue weighted by molar-refractivity contribution is 8.15. The van der Waals surface area contributed by atoms with Gasteiger partial charge in [-0.3, -0.25) is 9.59 Å². The zero-order valence-electron chi connectivity index (χ0n) is 18.0. The number of hydrogen-bond donors (Lipinski definition) is 2. The van der Waals surface area contributed by atoms with Crippen LogP contribution < -0.4 is 15.4 Å². The second-order valence-electron chi connectivity index (χ2n) is 6.75. The molecule has 1 atom stereocenters. The highest BCUT2D eigenvalue weighted by Gasteiger charge is 2.30. The van der Waals surface area contributed by atoms with Crippen molar-refractivity contribution in [2.45, 2.75) is 11.7 Å². The number of aliphatic imine (C=N–C) groups is 1. The zero-order chi connectivity index (χ0) is 24.0. The molecule has 0 aromatic heterocycles. The molecule has 0 aliphatic carbocycles. The van der Waals surface area contributed by atoms with Crippen LogP contribution in [-0.4, -0.2) is 55.5 Å². The van der Waals surface area contributed by atoms with Crippen LogP contribution in [0.25, 0.3) is 0 Å². The molecule has 1 fully saturated rings. The summed E-state index contributed by atoms with van der Waals surface area (Å²) in [4.78, 5) is 53.3. The van der Waals surface area contributed by atoms with Crippen molar-refractivity contribution < 1.29 is 33.4 Å². The Balaban J connectivity index is 1.79. The number of carbonyl (C=O) groups excluding carboxylic acids is 4. The molecule has 2 aromatic carbocycles. The molecule has 11 heteroatoms. The van der Waals surface area contributed by atoms with E-state index in [2.05, 4.69) is 15.6 Å². The van der Waals surface area contributed by atoms with Crippen LogP contribution in [0.2, 0.25) is 0 Å². The maximum absolute atomic E-state index is 12.9. The van der Waals surface area contributed by atoms with Gasteiger partial charge in [-0.15, -0.1) is 0 Å². The fourth-order valence-electron chi connectivity index (χ4n) is 2.91. The van der Waals surface area contributed by atoms with E-state index in [0.717, 1.165) is 11.8 Å². The molecule has 1 aliphatic rings. The second kappa shape index (κ2) is 10.6. The monoisotopic (exact) mass is 471 g/mol. The summed E-state index contributed by atoms with van der Waals surface area (Å²) >= 11 is 1.09. The van der Waals surface area contributed by atoms with Crippen LogP contribution in [0.1, 0.15) is 27.1 Å². The molecule has 172 valence electrons. The summed E-state index contributed by atoms with van der Waals surface area (Å²) in [5.41, 5.74) is 0.884. The third-order valence-electron chi connectivity index (χ3n) is 4.51. The Kier molecular flexibility index (Phi) is 7.67. The third kappa shape index (κ3) is 6.10. The fraction of sp³-hybridized carbons (Fsp3) is 0.227. The standard InChI is InChI=1S/C22H21N3O7S/c1-30-16-6-4-14(5-7-16)24-22-25-18(26)11-17(33-22)19(27)23-15-9-12(20(28)31-2)8-13(10-15)21(29)32-3/h4-10,17H,11H2,1-3H3,(H,23,27)(H,24,25,26)/t17-/m1/s1. The molecule has 1 saturated heterocycles. The van der Waals surface area contributed by atoms with Crippen molar-refractivity contribution in [1.82, 2.24) is 5.32 Å². The molecule has 0 spiro atoms. The van der Waals surface area contributed by atoms with E-state index in [-0.39, 0.29) is 34.3 Å². The molecular formula is C22H21N3O7S. The van der Waals surface area contributed by atoms with Crippen LogP contribution in [-0.2, 0) is 19.1 Å². The van der Waals surface area contributed by atoms with Crippen LogP contribution in [0.5, 0.6) is 5.75 Å². The van der Waals surface area contributed by atoms with E-state index in [9.17, 15) is 19.2 Å².